The third-order valence-electron chi connectivity index (χ3n) is 10.4. The number of anilines is 2. The Morgan fingerprint density at radius 1 is 0.891 bits per heavy atom. The van der Waals surface area contributed by atoms with Gasteiger partial charge < -0.3 is 54.6 Å². The summed E-state index contributed by atoms with van der Waals surface area (Å²) in [4.78, 5) is 62.7. The Bertz CT molecular complexity index is 2580. The van der Waals surface area contributed by atoms with Crippen molar-refractivity contribution in [1.82, 2.24) is 14.5 Å². The zero-order chi connectivity index (χ0) is 46.3. The first-order valence-electron chi connectivity index (χ1n) is 19.2. The lowest BCUT2D eigenvalue weighted by atomic mass is 10.0. The molecule has 0 saturated carbocycles. The molecule has 0 amide bonds. The van der Waals surface area contributed by atoms with Crippen LogP contribution in [0.4, 0.5) is 11.6 Å². The zero-order valence-corrected chi connectivity index (χ0v) is 36.6. The lowest BCUT2D eigenvalue weighted by Crippen LogP contribution is -2.46. The van der Waals surface area contributed by atoms with Gasteiger partial charge in [-0.3, -0.25) is 28.4 Å². The number of hydrazone groups is 1. The summed E-state index contributed by atoms with van der Waals surface area (Å²) in [7, 11) is -14.3. The van der Waals surface area contributed by atoms with E-state index >= 15 is 0 Å². The van der Waals surface area contributed by atoms with Gasteiger partial charge in [0.25, 0.3) is 11.5 Å². The topological polar surface area (TPSA) is 357 Å². The SMILES string of the molecule is COC(=O)c1ccc(C2=NN(c3ccccc3)C(CNc3nc4c(c(=O)[nH]3)n(C)c[n+]4[C@@H]3O[C@H](COP(=O)(O)OP(=O)(O)OP(=O)(O)OC[C@H]4O[C@@H](C)C(O)[C@H]4O)[C@H](O)C3O)C2)cc1. The van der Waals surface area contributed by atoms with Gasteiger partial charge in [-0.1, -0.05) is 35.3 Å². The van der Waals surface area contributed by atoms with Crippen molar-refractivity contribution >= 4 is 57.9 Å². The van der Waals surface area contributed by atoms with Gasteiger partial charge in [0.1, 0.15) is 36.6 Å². The number of hydrogen-bond acceptors (Lipinski definition) is 20. The fourth-order valence-corrected chi connectivity index (χ4v) is 10.7. The van der Waals surface area contributed by atoms with E-state index in [1.54, 1.807) is 24.3 Å². The highest BCUT2D eigenvalue weighted by atomic mass is 31.3. The van der Waals surface area contributed by atoms with E-state index in [4.69, 9.17) is 23.8 Å². The number of aryl methyl sites for hydroxylation is 1. The monoisotopic (exact) mass is 960 g/mol. The number of H-pyrrole nitrogens is 1. The van der Waals surface area contributed by atoms with Gasteiger partial charge in [0.15, 0.2) is 6.33 Å². The van der Waals surface area contributed by atoms with Gasteiger partial charge in [0.2, 0.25) is 11.7 Å². The van der Waals surface area contributed by atoms with Crippen LogP contribution in [0.5, 0.6) is 0 Å². The third-order valence-corrected chi connectivity index (χ3v) is 14.6. The predicted octanol–water partition coefficient (Wildman–Crippen LogP) is -0.0733. The van der Waals surface area contributed by atoms with Gasteiger partial charge in [-0.05, 0) is 36.8 Å². The normalized spacial score (nSPS) is 28.7. The molecule has 348 valence electrons. The lowest BCUT2D eigenvalue weighted by molar-refractivity contribution is -0.745. The first-order valence-corrected chi connectivity index (χ1v) is 23.7. The summed E-state index contributed by atoms with van der Waals surface area (Å²) in [5, 5.41) is 51.4. The van der Waals surface area contributed by atoms with Crippen molar-refractivity contribution in [2.24, 2.45) is 12.1 Å². The molecule has 0 spiro atoms. The van der Waals surface area contributed by atoms with E-state index in [1.165, 1.54) is 36.5 Å². The van der Waals surface area contributed by atoms with Gasteiger partial charge in [0.05, 0.1) is 56.5 Å². The van der Waals surface area contributed by atoms with Gasteiger partial charge in [-0.15, -0.1) is 0 Å². The molecule has 2 aromatic carbocycles. The van der Waals surface area contributed by atoms with Crippen molar-refractivity contribution in [2.75, 3.05) is 37.2 Å². The number of fused-ring (bicyclic) bond motifs is 1. The van der Waals surface area contributed by atoms with E-state index in [2.05, 4.69) is 28.4 Å². The maximum absolute atomic E-state index is 13.4. The number of aromatic amines is 1. The Morgan fingerprint density at radius 3 is 2.09 bits per heavy atom. The fraction of sp³-hybridized carbons (Fsp3) is 0.457. The highest BCUT2D eigenvalue weighted by Crippen LogP contribution is 2.67. The summed E-state index contributed by atoms with van der Waals surface area (Å²) in [5.41, 5.74) is 2.07. The number of carbonyl (C=O) groups is 1. The van der Waals surface area contributed by atoms with Crippen molar-refractivity contribution in [2.45, 2.75) is 68.3 Å². The number of nitrogens with zero attached hydrogens (tertiary/aromatic N) is 5. The number of para-hydroxylation sites is 1. The second kappa shape index (κ2) is 18.9. The van der Waals surface area contributed by atoms with Crippen molar-refractivity contribution < 1.29 is 90.0 Å². The molecule has 3 aliphatic heterocycles. The van der Waals surface area contributed by atoms with Gasteiger partial charge in [-0.25, -0.2) is 23.1 Å². The van der Waals surface area contributed by atoms with Gasteiger partial charge in [-0.2, -0.15) is 13.7 Å². The lowest BCUT2D eigenvalue weighted by Gasteiger charge is -2.23. The molecule has 0 radical (unpaired) electrons. The average molecular weight is 961 g/mol. The Hall–Kier alpha value is -4.30. The molecule has 0 aliphatic carbocycles. The summed E-state index contributed by atoms with van der Waals surface area (Å²) in [6.45, 7) is -0.389. The molecule has 0 bridgehead atoms. The molecule has 2 saturated heterocycles. The summed E-state index contributed by atoms with van der Waals surface area (Å²) in [6, 6.07) is 15.9. The number of methoxy groups -OCH3 is 1. The second-order valence-corrected chi connectivity index (χ2v) is 19.5. The molecule has 6 unspecified atom stereocenters. The predicted molar refractivity (Wildman–Crippen MR) is 217 cm³/mol. The largest absolute Gasteiger partial charge is 0.490 e. The number of phosphoric ester groups is 2. The number of phosphoric acid groups is 3. The second-order valence-electron chi connectivity index (χ2n) is 14.8. The Kier molecular flexibility index (Phi) is 14.1. The first kappa shape index (κ1) is 47.7. The van der Waals surface area contributed by atoms with Crippen LogP contribution in [0.2, 0.25) is 0 Å². The number of hydrogen-bond donors (Lipinski definition) is 9. The number of imidazole rings is 1. The van der Waals surface area contributed by atoms with E-state index in [-0.39, 0.29) is 29.7 Å². The molecular weight excluding hydrogens is 915 g/mol. The summed E-state index contributed by atoms with van der Waals surface area (Å²) < 4.78 is 73.1. The van der Waals surface area contributed by atoms with Crippen LogP contribution < -0.4 is 20.5 Å². The average Bonchev–Trinajstić information content (AvgIpc) is 3.97. The van der Waals surface area contributed by atoms with E-state index < -0.39 is 97.2 Å². The molecule has 26 nitrogen and oxygen atoms in total. The van der Waals surface area contributed by atoms with Crippen LogP contribution in [0, 0.1) is 0 Å². The van der Waals surface area contributed by atoms with Crippen molar-refractivity contribution in [1.29, 1.82) is 0 Å². The van der Waals surface area contributed by atoms with Crippen LogP contribution in [0.15, 0.2) is 70.8 Å². The number of benzene rings is 2. The minimum atomic E-state index is -5.93. The van der Waals surface area contributed by atoms with Crippen LogP contribution in [0.1, 0.15) is 35.5 Å². The van der Waals surface area contributed by atoms with Crippen LogP contribution in [-0.4, -0.2) is 137 Å². The molecule has 2 aromatic heterocycles. The number of nitrogens with one attached hydrogen (secondary N) is 2. The van der Waals surface area contributed by atoms with Crippen molar-refractivity contribution in [3.05, 3.63) is 82.4 Å². The minimum absolute atomic E-state index is 0.0129. The first-order chi connectivity index (χ1) is 30.2. The fourth-order valence-electron chi connectivity index (χ4n) is 7.23. The minimum Gasteiger partial charge on any atom is -0.465 e. The van der Waals surface area contributed by atoms with E-state index in [1.807, 2.05) is 35.3 Å². The number of ether oxygens (including phenoxy) is 3. The molecule has 12 atom stereocenters. The number of rotatable bonds is 17. The third kappa shape index (κ3) is 10.5. The van der Waals surface area contributed by atoms with E-state index in [0.717, 1.165) is 17.0 Å². The maximum atomic E-state index is 13.4. The Balaban J connectivity index is 1.00. The van der Waals surface area contributed by atoms with Gasteiger partial charge in [0, 0.05) is 13.0 Å². The number of aromatic nitrogens is 4. The molecule has 7 rings (SSSR count). The number of esters is 1. The summed E-state index contributed by atoms with van der Waals surface area (Å²) in [6.07, 6.45) is -10.1. The Morgan fingerprint density at radius 2 is 1.50 bits per heavy atom. The molecule has 3 aliphatic rings. The number of aliphatic hydroxyl groups excluding tert-OH is 4. The van der Waals surface area contributed by atoms with Gasteiger partial charge >= 0.3 is 35.1 Å². The van der Waals surface area contributed by atoms with Crippen LogP contribution in [0.3, 0.4) is 0 Å². The number of carbonyl (C=O) groups excluding carboxylic acids is 1. The van der Waals surface area contributed by atoms with Crippen LogP contribution in [-0.2, 0) is 52.6 Å². The molecule has 5 heterocycles. The molecule has 64 heavy (non-hydrogen) atoms. The smallest absolute Gasteiger partial charge is 0.465 e. The maximum Gasteiger partial charge on any atom is 0.490 e. The standard InChI is InChI=1S/C35H44N7O19P3/c1-18-27(43)28(44)24(58-18)15-56-62(49,50)60-64(53,54)61-63(51,52)57-16-25-29(45)30(46)33(59-25)41-17-40(2)26-31(41)37-35(38-32(26)47)36-14-22-13-23(39-42(22)21-7-5-4-6-8-21)19-9-11-20(12-10-19)34(48)55-3/h4-12,17-18,22,24-25,27-30,33,43-46H,13-16H2,1-3H3,(H4-,36,37,38,47,49,50,51,52,53,54)/p+1/t18-,22?,24+,25+,27?,28-,29-,30?,33+/m0/s1. The highest BCUT2D eigenvalue weighted by molar-refractivity contribution is 7.66. The summed E-state index contributed by atoms with van der Waals surface area (Å²) in [5.74, 6) is -0.464. The summed E-state index contributed by atoms with van der Waals surface area (Å²) >= 11 is 0. The molecule has 4 aromatic rings. The van der Waals surface area contributed by atoms with Crippen molar-refractivity contribution in [3.8, 4) is 0 Å². The van der Waals surface area contributed by atoms with E-state index in [9.17, 15) is 58.4 Å². The molecule has 2 fully saturated rings. The van der Waals surface area contributed by atoms with Crippen molar-refractivity contribution in [3.63, 3.8) is 0 Å². The molecule has 9 N–H and O–H groups in total. The quantitative estimate of drug-likeness (QED) is 0.0380. The number of aliphatic hydroxyl groups is 4. The molecular formula is C35H45N7O19P3+. The zero-order valence-electron chi connectivity index (χ0n) is 33.9. The Labute approximate surface area is 362 Å². The highest BCUT2D eigenvalue weighted by Gasteiger charge is 2.50. The molecule has 29 heteroatoms. The van der Waals surface area contributed by atoms with E-state index in [0.29, 0.717) is 12.0 Å². The van der Waals surface area contributed by atoms with Crippen LogP contribution in [0.25, 0.3) is 11.2 Å². The van der Waals surface area contributed by atoms with Crippen LogP contribution >= 0.6 is 23.5 Å².